The van der Waals surface area contributed by atoms with E-state index in [1.54, 1.807) is 0 Å². The molecular weight excluding hydrogens is 350 g/mol. The summed E-state index contributed by atoms with van der Waals surface area (Å²) in [5.74, 6) is -1.54. The fourth-order valence-corrected chi connectivity index (χ4v) is 3.71. The van der Waals surface area contributed by atoms with Crippen molar-refractivity contribution in [1.82, 2.24) is 15.5 Å². The van der Waals surface area contributed by atoms with Crippen molar-refractivity contribution in [2.75, 3.05) is 6.54 Å². The van der Waals surface area contributed by atoms with Crippen molar-refractivity contribution in [3.63, 3.8) is 0 Å². The van der Waals surface area contributed by atoms with Gasteiger partial charge in [0.05, 0.1) is 0 Å². The van der Waals surface area contributed by atoms with Crippen molar-refractivity contribution < 1.29 is 23.9 Å². The highest BCUT2D eigenvalue weighted by atomic mass is 16.5. The zero-order valence-corrected chi connectivity index (χ0v) is 16.5. The van der Waals surface area contributed by atoms with Gasteiger partial charge in [0.2, 0.25) is 0 Å². The van der Waals surface area contributed by atoms with Gasteiger partial charge in [-0.2, -0.15) is 0 Å². The van der Waals surface area contributed by atoms with Crippen LogP contribution in [0.1, 0.15) is 72.1 Å². The van der Waals surface area contributed by atoms with Crippen LogP contribution in [-0.4, -0.2) is 52.9 Å². The van der Waals surface area contributed by atoms with E-state index in [0.717, 1.165) is 30.6 Å². The van der Waals surface area contributed by atoms with Crippen molar-refractivity contribution in [2.24, 2.45) is 0 Å². The number of imide groups is 1. The molecule has 0 aromatic heterocycles. The normalized spacial score (nSPS) is 21.4. The number of amides is 4. The monoisotopic (exact) mass is 381 g/mol. The molecule has 8 heteroatoms. The van der Waals surface area contributed by atoms with Gasteiger partial charge in [0.15, 0.2) is 6.10 Å². The molecule has 2 rings (SSSR count). The van der Waals surface area contributed by atoms with E-state index in [4.69, 9.17) is 4.74 Å². The summed E-state index contributed by atoms with van der Waals surface area (Å²) in [6.07, 6.45) is 6.32. The Morgan fingerprint density at radius 3 is 2.30 bits per heavy atom. The van der Waals surface area contributed by atoms with Crippen molar-refractivity contribution in [2.45, 2.75) is 89.8 Å². The van der Waals surface area contributed by atoms with Crippen LogP contribution in [0, 0.1) is 0 Å². The van der Waals surface area contributed by atoms with E-state index in [2.05, 4.69) is 10.6 Å². The third kappa shape index (κ3) is 4.99. The molecule has 1 aliphatic heterocycles. The van der Waals surface area contributed by atoms with Crippen LogP contribution < -0.4 is 10.6 Å². The molecule has 2 fully saturated rings. The van der Waals surface area contributed by atoms with Crippen LogP contribution in [0.25, 0.3) is 0 Å². The van der Waals surface area contributed by atoms with Crippen molar-refractivity contribution in [3.05, 3.63) is 0 Å². The third-order valence-electron chi connectivity index (χ3n) is 5.62. The van der Waals surface area contributed by atoms with Gasteiger partial charge in [-0.25, -0.2) is 4.79 Å². The van der Waals surface area contributed by atoms with Crippen LogP contribution in [0.3, 0.4) is 0 Å². The summed E-state index contributed by atoms with van der Waals surface area (Å²) in [6, 6.07) is -0.488. The minimum atomic E-state index is -0.969. The minimum absolute atomic E-state index is 0.113. The number of nitrogens with one attached hydrogen (secondary N) is 2. The SMILES string of the molecule is CCC1(CC)NC(=O)N(CC(=O)O[C@@H](C)C(=O)NC2CCCCCC2)C1=O. The summed E-state index contributed by atoms with van der Waals surface area (Å²) in [5, 5.41) is 5.59. The molecule has 0 unspecified atom stereocenters. The summed E-state index contributed by atoms with van der Waals surface area (Å²) >= 11 is 0. The van der Waals surface area contributed by atoms with E-state index >= 15 is 0 Å². The molecule has 2 N–H and O–H groups in total. The van der Waals surface area contributed by atoms with Crippen LogP contribution in [0.4, 0.5) is 4.79 Å². The number of rotatable bonds is 7. The number of nitrogens with zero attached hydrogens (tertiary/aromatic N) is 1. The molecule has 8 nitrogen and oxygen atoms in total. The second-order valence-corrected chi connectivity index (χ2v) is 7.44. The average molecular weight is 381 g/mol. The highest BCUT2D eigenvalue weighted by Crippen LogP contribution is 2.24. The molecule has 27 heavy (non-hydrogen) atoms. The Bertz CT molecular complexity index is 580. The molecule has 152 valence electrons. The summed E-state index contributed by atoms with van der Waals surface area (Å²) < 4.78 is 5.15. The largest absolute Gasteiger partial charge is 0.451 e. The van der Waals surface area contributed by atoms with Gasteiger partial charge in [-0.1, -0.05) is 39.5 Å². The molecule has 4 amide bonds. The van der Waals surface area contributed by atoms with Crippen LogP contribution in [0.2, 0.25) is 0 Å². The van der Waals surface area contributed by atoms with Crippen LogP contribution in [0.5, 0.6) is 0 Å². The standard InChI is InChI=1S/C19H31N3O5/c1-4-19(5-2)17(25)22(18(26)21-19)12-15(23)27-13(3)16(24)20-14-10-8-6-7-9-11-14/h13-14H,4-12H2,1-3H3,(H,20,24)(H,21,26)/t13-/m0/s1. The first-order valence-corrected chi connectivity index (χ1v) is 9.97. The molecule has 0 radical (unpaired) electrons. The maximum atomic E-state index is 12.5. The number of urea groups is 1. The Balaban J connectivity index is 1.86. The van der Waals surface area contributed by atoms with Gasteiger partial charge in [0.1, 0.15) is 12.1 Å². The van der Waals surface area contributed by atoms with E-state index in [9.17, 15) is 19.2 Å². The molecule has 2 aliphatic rings. The molecule has 0 aromatic rings. The number of hydrogen-bond acceptors (Lipinski definition) is 5. The van der Waals surface area contributed by atoms with Crippen LogP contribution in [0.15, 0.2) is 0 Å². The van der Waals surface area contributed by atoms with E-state index in [-0.39, 0.29) is 11.9 Å². The van der Waals surface area contributed by atoms with Gasteiger partial charge in [0.25, 0.3) is 11.8 Å². The highest BCUT2D eigenvalue weighted by Gasteiger charge is 2.49. The Kier molecular flexibility index (Phi) is 7.21. The Labute approximate surface area is 160 Å². The van der Waals surface area contributed by atoms with Gasteiger partial charge in [-0.3, -0.25) is 19.3 Å². The zero-order chi connectivity index (χ0) is 20.0. The number of esters is 1. The summed E-state index contributed by atoms with van der Waals surface area (Å²) in [7, 11) is 0. The third-order valence-corrected chi connectivity index (χ3v) is 5.62. The lowest BCUT2D eigenvalue weighted by molar-refractivity contribution is -0.157. The van der Waals surface area contributed by atoms with Gasteiger partial charge in [-0.05, 0) is 32.6 Å². The molecule has 0 bridgehead atoms. The quantitative estimate of drug-likeness (QED) is 0.398. The van der Waals surface area contributed by atoms with E-state index < -0.39 is 36.1 Å². The first-order valence-electron chi connectivity index (χ1n) is 9.97. The number of hydrogen-bond donors (Lipinski definition) is 2. The molecule has 1 heterocycles. The van der Waals surface area contributed by atoms with Gasteiger partial charge in [0, 0.05) is 6.04 Å². The lowest BCUT2D eigenvalue weighted by Gasteiger charge is -2.23. The fourth-order valence-electron chi connectivity index (χ4n) is 3.71. The van der Waals surface area contributed by atoms with Crippen LogP contribution >= 0.6 is 0 Å². The Hall–Kier alpha value is -2.12. The lowest BCUT2D eigenvalue weighted by Crippen LogP contribution is -2.46. The molecule has 1 atom stereocenters. The van der Waals surface area contributed by atoms with Gasteiger partial charge >= 0.3 is 12.0 Å². The van der Waals surface area contributed by atoms with E-state index in [0.29, 0.717) is 12.8 Å². The average Bonchev–Trinajstić information content (AvgIpc) is 2.81. The van der Waals surface area contributed by atoms with E-state index in [1.807, 2.05) is 13.8 Å². The van der Waals surface area contributed by atoms with Crippen molar-refractivity contribution in [3.8, 4) is 0 Å². The second-order valence-electron chi connectivity index (χ2n) is 7.44. The first-order chi connectivity index (χ1) is 12.8. The smallest absolute Gasteiger partial charge is 0.327 e. The van der Waals surface area contributed by atoms with Crippen LogP contribution in [-0.2, 0) is 19.1 Å². The van der Waals surface area contributed by atoms with E-state index in [1.165, 1.54) is 19.8 Å². The highest BCUT2D eigenvalue weighted by molar-refractivity contribution is 6.08. The maximum Gasteiger partial charge on any atom is 0.327 e. The van der Waals surface area contributed by atoms with Gasteiger partial charge in [-0.15, -0.1) is 0 Å². The molecule has 0 aromatic carbocycles. The first kappa shape index (κ1) is 21.2. The van der Waals surface area contributed by atoms with Gasteiger partial charge < -0.3 is 15.4 Å². The lowest BCUT2D eigenvalue weighted by atomic mass is 9.93. The molecule has 1 aliphatic carbocycles. The topological polar surface area (TPSA) is 105 Å². The van der Waals surface area contributed by atoms with Crippen molar-refractivity contribution in [1.29, 1.82) is 0 Å². The number of ether oxygens (including phenoxy) is 1. The Morgan fingerprint density at radius 1 is 1.19 bits per heavy atom. The predicted octanol–water partition coefficient (Wildman–Crippen LogP) is 1.87. The Morgan fingerprint density at radius 2 is 1.78 bits per heavy atom. The zero-order valence-electron chi connectivity index (χ0n) is 16.5. The second kappa shape index (κ2) is 9.19. The number of carbonyl (C=O) groups excluding carboxylic acids is 4. The minimum Gasteiger partial charge on any atom is -0.451 e. The maximum absolute atomic E-state index is 12.5. The summed E-state index contributed by atoms with van der Waals surface area (Å²) in [4.78, 5) is 49.9. The number of carbonyl (C=O) groups is 4. The predicted molar refractivity (Wildman–Crippen MR) is 98.7 cm³/mol. The molecule has 1 saturated heterocycles. The van der Waals surface area contributed by atoms with Crippen molar-refractivity contribution >= 4 is 23.8 Å². The molecule has 1 saturated carbocycles. The molecule has 0 spiro atoms. The fraction of sp³-hybridized carbons (Fsp3) is 0.789. The summed E-state index contributed by atoms with van der Waals surface area (Å²) in [5.41, 5.74) is -0.958. The molecular formula is C19H31N3O5. The summed E-state index contributed by atoms with van der Waals surface area (Å²) in [6.45, 7) is 4.62.